The van der Waals surface area contributed by atoms with E-state index in [2.05, 4.69) is 60.9 Å². The second-order valence-corrected chi connectivity index (χ2v) is 8.76. The molecule has 0 saturated heterocycles. The lowest BCUT2D eigenvalue weighted by molar-refractivity contribution is 0.625. The van der Waals surface area contributed by atoms with E-state index in [9.17, 15) is 16.8 Å². The molecule has 2 aromatic rings. The molecule has 2 rings (SSSR count). The highest BCUT2D eigenvalue weighted by molar-refractivity contribution is 7.71. The lowest BCUT2D eigenvalue weighted by atomic mass is 10.00. The number of unbranched alkanes of at least 4 members (excludes halogenated alkanes) is 2. The van der Waals surface area contributed by atoms with E-state index in [1.165, 1.54) is 10.7 Å². The third kappa shape index (κ3) is 8.04. The first-order chi connectivity index (χ1) is 14.4. The highest BCUT2D eigenvalue weighted by Gasteiger charge is 2.05. The molecule has 0 radical (unpaired) electrons. The van der Waals surface area contributed by atoms with Crippen molar-refractivity contribution in [3.05, 3.63) is 47.5 Å². The van der Waals surface area contributed by atoms with E-state index in [4.69, 9.17) is 0 Å². The van der Waals surface area contributed by atoms with Gasteiger partial charge in [0.05, 0.1) is 0 Å². The van der Waals surface area contributed by atoms with Crippen LogP contribution in [0.15, 0.2) is 36.4 Å². The van der Waals surface area contributed by atoms with Gasteiger partial charge in [0.1, 0.15) is 0 Å². The van der Waals surface area contributed by atoms with Crippen LogP contribution in [0.2, 0.25) is 0 Å². The van der Waals surface area contributed by atoms with Crippen molar-refractivity contribution < 1.29 is 16.8 Å². The van der Waals surface area contributed by atoms with Gasteiger partial charge in [-0.15, -0.1) is 0 Å². The van der Waals surface area contributed by atoms with Crippen LogP contribution in [0.4, 0.5) is 11.4 Å². The van der Waals surface area contributed by atoms with Crippen LogP contribution in [0.5, 0.6) is 0 Å². The maximum absolute atomic E-state index is 10.5. The van der Waals surface area contributed by atoms with Crippen LogP contribution in [0, 0.1) is 13.8 Å². The minimum Gasteiger partial charge on any atom is -0.385 e. The predicted octanol–water partition coefficient (Wildman–Crippen LogP) is 3.72. The topological polar surface area (TPSA) is 92.3 Å². The normalized spacial score (nSPS) is 10.3. The maximum atomic E-state index is 10.5. The standard InChI is InChI=1S/C22H28N2O4S2/c1-17-15-19(7-9-21(17)23-11-3-5-13-29(25)26)20-8-10-22(18(2)16-20)24-12-4-6-14-30(27)28/h7-10,13-16,23-24H,3-6,11-12H2,1-2H3. The van der Waals surface area contributed by atoms with Gasteiger partial charge in [-0.1, -0.05) is 12.1 Å². The second kappa shape index (κ2) is 12.2. The Morgan fingerprint density at radius 1 is 0.700 bits per heavy atom. The molecule has 0 fully saturated rings. The van der Waals surface area contributed by atoms with Crippen molar-refractivity contribution in [3.63, 3.8) is 0 Å². The zero-order chi connectivity index (χ0) is 21.9. The van der Waals surface area contributed by atoms with Gasteiger partial charge in [-0.2, -0.15) is 16.8 Å². The van der Waals surface area contributed by atoms with Crippen LogP contribution >= 0.6 is 0 Å². The Balaban J connectivity index is 1.96. The van der Waals surface area contributed by atoms with Crippen molar-refractivity contribution in [1.82, 2.24) is 0 Å². The molecule has 0 spiro atoms. The van der Waals surface area contributed by atoms with Crippen LogP contribution in [0.25, 0.3) is 11.1 Å². The Kier molecular flexibility index (Phi) is 9.63. The Morgan fingerprint density at radius 3 is 1.43 bits per heavy atom. The van der Waals surface area contributed by atoms with E-state index in [-0.39, 0.29) is 0 Å². The van der Waals surface area contributed by atoms with Crippen molar-refractivity contribution in [1.29, 1.82) is 0 Å². The quantitative estimate of drug-likeness (QED) is 0.402. The van der Waals surface area contributed by atoms with Crippen molar-refractivity contribution in [2.45, 2.75) is 39.5 Å². The van der Waals surface area contributed by atoms with Gasteiger partial charge in [-0.05, 0) is 86.1 Å². The van der Waals surface area contributed by atoms with Crippen LogP contribution < -0.4 is 10.6 Å². The van der Waals surface area contributed by atoms with Gasteiger partial charge in [0.25, 0.3) is 0 Å². The Hall–Kier alpha value is -2.58. The highest BCUT2D eigenvalue weighted by Crippen LogP contribution is 2.28. The fourth-order valence-corrected chi connectivity index (χ4v) is 3.81. The Labute approximate surface area is 181 Å². The first kappa shape index (κ1) is 23.7. The molecular formula is C22H28N2O4S2. The summed E-state index contributed by atoms with van der Waals surface area (Å²) < 4.78 is 42.0. The third-order valence-electron chi connectivity index (χ3n) is 4.69. The Morgan fingerprint density at radius 2 is 1.10 bits per heavy atom. The number of hydrogen-bond donors (Lipinski definition) is 2. The summed E-state index contributed by atoms with van der Waals surface area (Å²) >= 11 is 0. The van der Waals surface area contributed by atoms with Crippen molar-refractivity contribution in [2.24, 2.45) is 0 Å². The molecule has 0 aliphatic heterocycles. The molecule has 0 heterocycles. The average molecular weight is 449 g/mol. The molecule has 0 saturated carbocycles. The molecule has 0 aromatic heterocycles. The maximum Gasteiger partial charge on any atom is 0.209 e. The minimum atomic E-state index is -2.08. The first-order valence-electron chi connectivity index (χ1n) is 9.89. The molecule has 0 aliphatic carbocycles. The average Bonchev–Trinajstić information content (AvgIpc) is 2.69. The fraction of sp³-hybridized carbons (Fsp3) is 0.364. The summed E-state index contributed by atoms with van der Waals surface area (Å²) in [6, 6.07) is 12.5. The van der Waals surface area contributed by atoms with Crippen LogP contribution in [0.3, 0.4) is 0 Å². The number of anilines is 2. The van der Waals surface area contributed by atoms with E-state index < -0.39 is 20.6 Å². The molecule has 2 N–H and O–H groups in total. The highest BCUT2D eigenvalue weighted by atomic mass is 32.2. The monoisotopic (exact) mass is 448 g/mol. The van der Waals surface area contributed by atoms with Gasteiger partial charge in [0.2, 0.25) is 20.6 Å². The molecule has 6 nitrogen and oxygen atoms in total. The Bertz CT molecular complexity index is 1030. The van der Waals surface area contributed by atoms with Crippen molar-refractivity contribution in [3.8, 4) is 11.1 Å². The van der Waals surface area contributed by atoms with E-state index in [1.807, 2.05) is 0 Å². The van der Waals surface area contributed by atoms with Gasteiger partial charge in [-0.3, -0.25) is 0 Å². The van der Waals surface area contributed by atoms with Gasteiger partial charge in [0.15, 0.2) is 0 Å². The number of aryl methyl sites for hydroxylation is 2. The summed E-state index contributed by atoms with van der Waals surface area (Å²) in [7, 11) is -4.16. The summed E-state index contributed by atoms with van der Waals surface area (Å²) in [5, 5.41) is 9.27. The fourth-order valence-electron chi connectivity index (χ4n) is 3.09. The number of nitrogens with one attached hydrogen (secondary N) is 2. The van der Waals surface area contributed by atoms with Gasteiger partial charge >= 0.3 is 0 Å². The number of hydrogen-bond acceptors (Lipinski definition) is 6. The SMILES string of the molecule is Cc1cc(-c2ccc(NCCCC=S(=O)=O)c(C)c2)ccc1NCCCC=S(=O)=O. The zero-order valence-corrected chi connectivity index (χ0v) is 18.9. The molecule has 2 aromatic carbocycles. The van der Waals surface area contributed by atoms with Crippen LogP contribution in [0.1, 0.15) is 36.8 Å². The van der Waals surface area contributed by atoms with E-state index in [0.717, 1.165) is 59.6 Å². The molecule has 162 valence electrons. The molecule has 30 heavy (non-hydrogen) atoms. The summed E-state index contributed by atoms with van der Waals surface area (Å²) in [6.45, 7) is 5.55. The van der Waals surface area contributed by atoms with Crippen LogP contribution in [-0.4, -0.2) is 40.7 Å². The van der Waals surface area contributed by atoms with E-state index in [0.29, 0.717) is 12.8 Å². The summed E-state index contributed by atoms with van der Waals surface area (Å²) in [5.41, 5.74) is 6.64. The smallest absolute Gasteiger partial charge is 0.209 e. The molecule has 0 amide bonds. The largest absolute Gasteiger partial charge is 0.385 e. The number of rotatable bonds is 11. The van der Waals surface area contributed by atoms with Crippen LogP contribution in [-0.2, 0) is 20.6 Å². The molecule has 0 unspecified atom stereocenters. The summed E-state index contributed by atoms with van der Waals surface area (Å²) in [6.07, 6.45) is 2.60. The molecule has 0 aliphatic rings. The minimum absolute atomic E-state index is 0.538. The van der Waals surface area contributed by atoms with E-state index in [1.54, 1.807) is 0 Å². The molecule has 0 atom stereocenters. The van der Waals surface area contributed by atoms with Crippen molar-refractivity contribution >= 4 is 42.7 Å². The lowest BCUT2D eigenvalue weighted by Crippen LogP contribution is -2.04. The second-order valence-electron chi connectivity index (χ2n) is 7.05. The summed E-state index contributed by atoms with van der Waals surface area (Å²) in [4.78, 5) is 0. The lowest BCUT2D eigenvalue weighted by Gasteiger charge is -2.13. The van der Waals surface area contributed by atoms with Gasteiger partial charge in [0, 0.05) is 35.2 Å². The predicted molar refractivity (Wildman–Crippen MR) is 127 cm³/mol. The zero-order valence-electron chi connectivity index (χ0n) is 17.3. The van der Waals surface area contributed by atoms with E-state index >= 15 is 0 Å². The molecular weight excluding hydrogens is 420 g/mol. The third-order valence-corrected chi connectivity index (χ3v) is 5.70. The molecule has 0 bridgehead atoms. The van der Waals surface area contributed by atoms with Gasteiger partial charge < -0.3 is 10.6 Å². The number of benzene rings is 2. The first-order valence-corrected chi connectivity index (χ1v) is 12.2. The summed E-state index contributed by atoms with van der Waals surface area (Å²) in [5.74, 6) is 0. The van der Waals surface area contributed by atoms with Gasteiger partial charge in [-0.25, -0.2) is 0 Å². The van der Waals surface area contributed by atoms with Crippen molar-refractivity contribution in [2.75, 3.05) is 23.7 Å². The molecule has 8 heteroatoms.